The molecule has 0 radical (unpaired) electrons. The first-order valence-electron chi connectivity index (χ1n) is 9.41. The van der Waals surface area contributed by atoms with Gasteiger partial charge in [-0.15, -0.1) is 5.10 Å². The predicted molar refractivity (Wildman–Crippen MR) is 102 cm³/mol. The van der Waals surface area contributed by atoms with E-state index in [1.165, 1.54) is 12.1 Å². The van der Waals surface area contributed by atoms with Crippen molar-refractivity contribution in [3.8, 4) is 11.4 Å². The van der Waals surface area contributed by atoms with Crippen molar-refractivity contribution in [2.75, 3.05) is 11.4 Å². The number of aromatic nitrogens is 5. The van der Waals surface area contributed by atoms with Crippen LogP contribution >= 0.6 is 0 Å². The molecule has 0 saturated carbocycles. The number of H-pyrrole nitrogens is 1. The average Bonchev–Trinajstić information content (AvgIpc) is 3.20. The van der Waals surface area contributed by atoms with E-state index in [4.69, 9.17) is 0 Å². The summed E-state index contributed by atoms with van der Waals surface area (Å²) in [5.41, 5.74) is 2.60. The summed E-state index contributed by atoms with van der Waals surface area (Å²) < 4.78 is 26.6. The molecule has 9 heteroatoms. The Morgan fingerprint density at radius 2 is 2.07 bits per heavy atom. The fourth-order valence-corrected chi connectivity index (χ4v) is 3.65. The van der Waals surface area contributed by atoms with Crippen LogP contribution in [-0.4, -0.2) is 37.8 Å². The Bertz CT molecular complexity index is 1040. The Hall–Kier alpha value is -3.23. The zero-order chi connectivity index (χ0) is 20.4. The van der Waals surface area contributed by atoms with Crippen LogP contribution in [0, 0.1) is 18.7 Å². The van der Waals surface area contributed by atoms with Crippen LogP contribution in [0.3, 0.4) is 0 Å². The van der Waals surface area contributed by atoms with Crippen molar-refractivity contribution < 1.29 is 13.6 Å². The van der Waals surface area contributed by atoms with Crippen molar-refractivity contribution >= 4 is 11.9 Å². The highest BCUT2D eigenvalue weighted by molar-refractivity contribution is 5.94. The minimum Gasteiger partial charge on any atom is -0.279 e. The number of benzene rings is 1. The van der Waals surface area contributed by atoms with Crippen LogP contribution in [0.1, 0.15) is 29.5 Å². The van der Waals surface area contributed by atoms with Gasteiger partial charge in [0.25, 0.3) is 5.95 Å². The molecule has 3 heterocycles. The molecule has 150 valence electrons. The van der Waals surface area contributed by atoms with Gasteiger partial charge in [0.1, 0.15) is 12.5 Å². The van der Waals surface area contributed by atoms with Crippen molar-refractivity contribution in [3.05, 3.63) is 53.1 Å². The average molecular weight is 398 g/mol. The lowest BCUT2D eigenvalue weighted by atomic mass is 9.89. The lowest BCUT2D eigenvalue weighted by Crippen LogP contribution is -2.42. The molecule has 0 aliphatic carbocycles. The van der Waals surface area contributed by atoms with Crippen LogP contribution in [0.25, 0.3) is 11.4 Å². The number of amides is 1. The Labute approximate surface area is 166 Å². The Kier molecular flexibility index (Phi) is 5.28. The first-order chi connectivity index (χ1) is 14.1. The lowest BCUT2D eigenvalue weighted by molar-refractivity contribution is -0.123. The largest absolute Gasteiger partial charge is 0.279 e. The topological polar surface area (TPSA) is 87.7 Å². The van der Waals surface area contributed by atoms with Crippen LogP contribution in [0.15, 0.2) is 30.6 Å². The second kappa shape index (κ2) is 8.02. The van der Waals surface area contributed by atoms with E-state index in [0.29, 0.717) is 36.7 Å². The number of nitrogens with one attached hydrogen (secondary N) is 1. The van der Waals surface area contributed by atoms with Crippen LogP contribution in [0.4, 0.5) is 14.7 Å². The molecule has 1 aromatic carbocycles. The van der Waals surface area contributed by atoms with Crippen LogP contribution in [0.5, 0.6) is 0 Å². The van der Waals surface area contributed by atoms with E-state index < -0.39 is 12.5 Å². The molecule has 1 aliphatic rings. The van der Waals surface area contributed by atoms with Gasteiger partial charge in [-0.25, -0.2) is 8.78 Å². The number of alkyl halides is 1. The molecule has 1 fully saturated rings. The number of rotatable bonds is 5. The maximum atomic E-state index is 13.4. The Morgan fingerprint density at radius 1 is 1.24 bits per heavy atom. The first-order valence-corrected chi connectivity index (χ1v) is 9.41. The molecule has 7 nitrogen and oxygen atoms in total. The summed E-state index contributed by atoms with van der Waals surface area (Å²) in [5.74, 6) is -0.102. The Morgan fingerprint density at radius 3 is 2.86 bits per heavy atom. The molecule has 2 aromatic heterocycles. The highest BCUT2D eigenvalue weighted by atomic mass is 19.1. The van der Waals surface area contributed by atoms with Crippen molar-refractivity contribution in [2.24, 2.45) is 5.92 Å². The minimum atomic E-state index is -0.763. The Balaban J connectivity index is 1.55. The quantitative estimate of drug-likeness (QED) is 0.713. The molecular formula is C20H20F2N6O. The maximum absolute atomic E-state index is 13.4. The van der Waals surface area contributed by atoms with Gasteiger partial charge >= 0.3 is 0 Å². The molecule has 1 amide bonds. The predicted octanol–water partition coefficient (Wildman–Crippen LogP) is 3.16. The number of hydrogen-bond acceptors (Lipinski definition) is 5. The number of halogens is 2. The van der Waals surface area contributed by atoms with Crippen molar-refractivity contribution in [1.29, 1.82) is 0 Å². The van der Waals surface area contributed by atoms with Crippen LogP contribution < -0.4 is 4.90 Å². The monoisotopic (exact) mass is 398 g/mol. The van der Waals surface area contributed by atoms with Gasteiger partial charge in [-0.1, -0.05) is 6.07 Å². The zero-order valence-electron chi connectivity index (χ0n) is 15.9. The fraction of sp³-hybridized carbons (Fsp3) is 0.350. The van der Waals surface area contributed by atoms with Crippen LogP contribution in [-0.2, 0) is 17.9 Å². The third-order valence-corrected chi connectivity index (χ3v) is 5.23. The lowest BCUT2D eigenvalue weighted by Gasteiger charge is -2.30. The number of aryl methyl sites for hydroxylation is 1. The number of carbonyl (C=O) groups is 1. The molecule has 1 aliphatic heterocycles. The second-order valence-corrected chi connectivity index (χ2v) is 7.15. The van der Waals surface area contributed by atoms with Gasteiger partial charge < -0.3 is 0 Å². The molecule has 1 saturated heterocycles. The summed E-state index contributed by atoms with van der Waals surface area (Å²) in [5, 5.41) is 14.7. The molecular weight excluding hydrogens is 378 g/mol. The summed E-state index contributed by atoms with van der Waals surface area (Å²) in [6, 6.07) is 4.04. The molecule has 1 unspecified atom stereocenters. The number of aromatic amines is 1. The van der Waals surface area contributed by atoms with Crippen molar-refractivity contribution in [2.45, 2.75) is 32.9 Å². The number of anilines is 1. The van der Waals surface area contributed by atoms with Gasteiger partial charge in [0.05, 0.1) is 12.4 Å². The SMILES string of the molecule is Cc1cnncc1-c1nc(N2CCCC(Cc3ccc(F)cc3CF)C2=O)n[nH]1. The minimum absolute atomic E-state index is 0.111. The van der Waals surface area contributed by atoms with E-state index in [-0.39, 0.29) is 17.4 Å². The number of piperidine rings is 1. The van der Waals surface area contributed by atoms with E-state index in [0.717, 1.165) is 17.5 Å². The van der Waals surface area contributed by atoms with Gasteiger partial charge in [0.15, 0.2) is 5.82 Å². The van der Waals surface area contributed by atoms with Gasteiger partial charge in [0.2, 0.25) is 5.91 Å². The van der Waals surface area contributed by atoms with Crippen molar-refractivity contribution in [3.63, 3.8) is 0 Å². The number of nitrogens with zero attached hydrogens (tertiary/aromatic N) is 5. The van der Waals surface area contributed by atoms with E-state index in [1.807, 2.05) is 6.92 Å². The molecule has 1 atom stereocenters. The molecule has 0 spiro atoms. The summed E-state index contributed by atoms with van der Waals surface area (Å²) >= 11 is 0. The summed E-state index contributed by atoms with van der Waals surface area (Å²) in [7, 11) is 0. The first kappa shape index (κ1) is 19.1. The summed E-state index contributed by atoms with van der Waals surface area (Å²) in [4.78, 5) is 19.1. The van der Waals surface area contributed by atoms with Gasteiger partial charge in [-0.2, -0.15) is 15.2 Å². The number of hydrogen-bond donors (Lipinski definition) is 1. The summed E-state index contributed by atoms with van der Waals surface area (Å²) in [6.07, 6.45) is 5.04. The normalized spacial score (nSPS) is 17.0. The van der Waals surface area contributed by atoms with E-state index >= 15 is 0 Å². The third kappa shape index (κ3) is 3.85. The third-order valence-electron chi connectivity index (χ3n) is 5.23. The molecule has 3 aromatic rings. The molecule has 1 N–H and O–H groups in total. The number of carbonyl (C=O) groups excluding carboxylic acids is 1. The van der Waals surface area contributed by atoms with Gasteiger partial charge in [-0.3, -0.25) is 14.8 Å². The smallest absolute Gasteiger partial charge is 0.251 e. The van der Waals surface area contributed by atoms with Gasteiger partial charge in [0, 0.05) is 18.0 Å². The molecule has 29 heavy (non-hydrogen) atoms. The highest BCUT2D eigenvalue weighted by Gasteiger charge is 2.32. The standard InChI is InChI=1S/C20H20F2N6O/c1-12-10-23-24-11-17(12)18-25-20(27-26-18)28-6-2-3-14(19(28)29)7-13-4-5-16(22)8-15(13)9-21/h4-5,8,10-11,14H,2-3,6-7,9H2,1H3,(H,25,26,27). The molecule has 4 rings (SSSR count). The van der Waals surface area contributed by atoms with E-state index in [9.17, 15) is 13.6 Å². The van der Waals surface area contributed by atoms with Crippen LogP contribution in [0.2, 0.25) is 0 Å². The van der Waals surface area contributed by atoms with E-state index in [2.05, 4.69) is 25.4 Å². The van der Waals surface area contributed by atoms with E-state index in [1.54, 1.807) is 23.4 Å². The van der Waals surface area contributed by atoms with Gasteiger partial charge in [-0.05, 0) is 55.0 Å². The highest BCUT2D eigenvalue weighted by Crippen LogP contribution is 2.28. The fourth-order valence-electron chi connectivity index (χ4n) is 3.65. The maximum Gasteiger partial charge on any atom is 0.251 e. The summed E-state index contributed by atoms with van der Waals surface area (Å²) in [6.45, 7) is 1.64. The second-order valence-electron chi connectivity index (χ2n) is 7.15. The zero-order valence-corrected chi connectivity index (χ0v) is 15.9. The van der Waals surface area contributed by atoms with Crippen molar-refractivity contribution in [1.82, 2.24) is 25.4 Å². The molecule has 0 bridgehead atoms.